The molecule has 0 unspecified atom stereocenters. The lowest BCUT2D eigenvalue weighted by Gasteiger charge is -2.21. The van der Waals surface area contributed by atoms with Crippen LogP contribution in [-0.2, 0) is 14.4 Å². The maximum atomic E-state index is 12.7. The number of nitrogens with zero attached hydrogens (tertiary/aromatic N) is 3. The van der Waals surface area contributed by atoms with Crippen molar-refractivity contribution in [2.24, 2.45) is 0 Å². The third-order valence-electron chi connectivity index (χ3n) is 4.68. The average Bonchev–Trinajstić information content (AvgIpc) is 3.25. The summed E-state index contributed by atoms with van der Waals surface area (Å²) in [6, 6.07) is 8.82. The maximum absolute atomic E-state index is 12.7. The number of nitrogens with one attached hydrogen (secondary N) is 2. The standard InChI is InChI=1S/C20H25N5O3S/c1-12(2)18-23-24-20(29-18)22-17(27)10-9-16(26)21-15-11-13(3)25(19(15)28)14-7-5-4-6-8-14/h4-8,12-13,15H,9-11H2,1-3H3,(H,21,26)(H,22,24,27)/t13-,15+/m0/s1. The van der Waals surface area contributed by atoms with Crippen molar-refractivity contribution in [1.29, 1.82) is 0 Å². The normalized spacial score (nSPS) is 18.9. The van der Waals surface area contributed by atoms with Gasteiger partial charge >= 0.3 is 0 Å². The summed E-state index contributed by atoms with van der Waals surface area (Å²) in [4.78, 5) is 38.7. The Morgan fingerprint density at radius 1 is 1.17 bits per heavy atom. The molecule has 2 heterocycles. The first-order chi connectivity index (χ1) is 13.8. The van der Waals surface area contributed by atoms with Gasteiger partial charge in [0.05, 0.1) is 0 Å². The highest BCUT2D eigenvalue weighted by Crippen LogP contribution is 2.26. The molecule has 1 saturated heterocycles. The summed E-state index contributed by atoms with van der Waals surface area (Å²) in [7, 11) is 0. The van der Waals surface area contributed by atoms with Crippen LogP contribution in [0.1, 0.15) is 51.0 Å². The zero-order valence-electron chi connectivity index (χ0n) is 16.7. The zero-order valence-corrected chi connectivity index (χ0v) is 17.5. The van der Waals surface area contributed by atoms with Gasteiger partial charge in [0, 0.05) is 30.5 Å². The molecule has 1 aliphatic heterocycles. The van der Waals surface area contributed by atoms with Gasteiger partial charge in [-0.2, -0.15) is 0 Å². The molecule has 0 radical (unpaired) electrons. The molecule has 1 fully saturated rings. The van der Waals surface area contributed by atoms with Gasteiger partial charge in [0.2, 0.25) is 22.9 Å². The van der Waals surface area contributed by atoms with Gasteiger partial charge in [0.1, 0.15) is 11.0 Å². The van der Waals surface area contributed by atoms with Crippen LogP contribution in [0.4, 0.5) is 10.8 Å². The molecule has 0 bridgehead atoms. The van der Waals surface area contributed by atoms with E-state index in [2.05, 4.69) is 20.8 Å². The number of carbonyl (C=O) groups excluding carboxylic acids is 3. The van der Waals surface area contributed by atoms with Crippen molar-refractivity contribution < 1.29 is 14.4 Å². The number of para-hydroxylation sites is 1. The van der Waals surface area contributed by atoms with Crippen LogP contribution < -0.4 is 15.5 Å². The minimum atomic E-state index is -0.572. The molecule has 8 nitrogen and oxygen atoms in total. The number of hydrogen-bond acceptors (Lipinski definition) is 6. The molecule has 1 aliphatic rings. The first-order valence-electron chi connectivity index (χ1n) is 9.66. The molecule has 1 aromatic heterocycles. The largest absolute Gasteiger partial charge is 0.344 e. The van der Waals surface area contributed by atoms with Gasteiger partial charge in [-0.05, 0) is 25.5 Å². The van der Waals surface area contributed by atoms with Crippen LogP contribution >= 0.6 is 11.3 Å². The highest BCUT2D eigenvalue weighted by atomic mass is 32.1. The number of anilines is 2. The van der Waals surface area contributed by atoms with Crippen LogP contribution in [-0.4, -0.2) is 40.0 Å². The second-order valence-electron chi connectivity index (χ2n) is 7.40. The van der Waals surface area contributed by atoms with E-state index in [0.29, 0.717) is 11.6 Å². The lowest BCUT2D eigenvalue weighted by atomic mass is 10.1. The number of rotatable bonds is 7. The quantitative estimate of drug-likeness (QED) is 0.723. The SMILES string of the molecule is CC(C)c1nnc(NC(=O)CCC(=O)N[C@@H]2C[C@H](C)N(c3ccccc3)C2=O)s1. The second-order valence-corrected chi connectivity index (χ2v) is 8.41. The highest BCUT2D eigenvalue weighted by Gasteiger charge is 2.38. The number of hydrogen-bond donors (Lipinski definition) is 2. The summed E-state index contributed by atoms with van der Waals surface area (Å²) in [6.45, 7) is 5.96. The van der Waals surface area contributed by atoms with E-state index in [0.717, 1.165) is 10.7 Å². The fraction of sp³-hybridized carbons (Fsp3) is 0.450. The fourth-order valence-corrected chi connectivity index (χ4v) is 3.98. The third-order valence-corrected chi connectivity index (χ3v) is 5.82. The summed E-state index contributed by atoms with van der Waals surface area (Å²) in [5.74, 6) is -0.508. The van der Waals surface area contributed by atoms with E-state index >= 15 is 0 Å². The molecule has 154 valence electrons. The molecule has 1 aromatic carbocycles. The van der Waals surface area contributed by atoms with Crippen molar-refractivity contribution in [1.82, 2.24) is 15.5 Å². The number of benzene rings is 1. The van der Waals surface area contributed by atoms with Crippen molar-refractivity contribution in [3.8, 4) is 0 Å². The monoisotopic (exact) mass is 415 g/mol. The summed E-state index contributed by atoms with van der Waals surface area (Å²) >= 11 is 1.32. The Bertz CT molecular complexity index is 883. The van der Waals surface area contributed by atoms with Crippen molar-refractivity contribution >= 4 is 39.9 Å². The van der Waals surface area contributed by atoms with Gasteiger partial charge in [0.15, 0.2) is 0 Å². The topological polar surface area (TPSA) is 104 Å². The van der Waals surface area contributed by atoms with Crippen molar-refractivity contribution in [2.45, 2.75) is 58.0 Å². The molecule has 0 saturated carbocycles. The lowest BCUT2D eigenvalue weighted by molar-refractivity contribution is -0.127. The Labute approximate surface area is 173 Å². The smallest absolute Gasteiger partial charge is 0.249 e. The highest BCUT2D eigenvalue weighted by molar-refractivity contribution is 7.15. The van der Waals surface area contributed by atoms with Gasteiger partial charge in [-0.3, -0.25) is 14.4 Å². The molecule has 2 aromatic rings. The number of aromatic nitrogens is 2. The summed E-state index contributed by atoms with van der Waals surface area (Å²) in [5.41, 5.74) is 0.818. The predicted octanol–water partition coefficient (Wildman–Crippen LogP) is 2.69. The van der Waals surface area contributed by atoms with Gasteiger partial charge in [0.25, 0.3) is 0 Å². The Hall–Kier alpha value is -2.81. The van der Waals surface area contributed by atoms with Crippen LogP contribution in [0, 0.1) is 0 Å². The molecule has 3 rings (SSSR count). The van der Waals surface area contributed by atoms with Crippen molar-refractivity contribution in [2.75, 3.05) is 10.2 Å². The second kappa shape index (κ2) is 9.13. The van der Waals surface area contributed by atoms with E-state index in [-0.39, 0.29) is 42.5 Å². The van der Waals surface area contributed by atoms with E-state index < -0.39 is 6.04 Å². The molecule has 9 heteroatoms. The Balaban J connectivity index is 1.48. The van der Waals surface area contributed by atoms with E-state index in [1.807, 2.05) is 51.1 Å². The number of amides is 3. The minimum Gasteiger partial charge on any atom is -0.344 e. The zero-order chi connectivity index (χ0) is 21.0. The van der Waals surface area contributed by atoms with Gasteiger partial charge in [-0.25, -0.2) is 0 Å². The Morgan fingerprint density at radius 3 is 2.52 bits per heavy atom. The van der Waals surface area contributed by atoms with Crippen LogP contribution in [0.25, 0.3) is 0 Å². The van der Waals surface area contributed by atoms with Gasteiger partial charge in [-0.15, -0.1) is 10.2 Å². The third kappa shape index (κ3) is 5.17. The van der Waals surface area contributed by atoms with Crippen LogP contribution in [0.2, 0.25) is 0 Å². The Morgan fingerprint density at radius 2 is 1.86 bits per heavy atom. The molecule has 2 atom stereocenters. The van der Waals surface area contributed by atoms with Gasteiger partial charge in [-0.1, -0.05) is 43.4 Å². The van der Waals surface area contributed by atoms with E-state index in [1.54, 1.807) is 4.90 Å². The van der Waals surface area contributed by atoms with Crippen LogP contribution in [0.5, 0.6) is 0 Å². The van der Waals surface area contributed by atoms with Crippen LogP contribution in [0.15, 0.2) is 30.3 Å². The lowest BCUT2D eigenvalue weighted by Crippen LogP contribution is -2.42. The summed E-state index contributed by atoms with van der Waals surface area (Å²) in [5, 5.41) is 14.6. The fourth-order valence-electron chi connectivity index (χ4n) is 3.22. The van der Waals surface area contributed by atoms with Crippen LogP contribution in [0.3, 0.4) is 0 Å². The average molecular weight is 416 g/mol. The first kappa shape index (κ1) is 20.9. The van der Waals surface area contributed by atoms with Gasteiger partial charge < -0.3 is 15.5 Å². The molecular weight excluding hydrogens is 390 g/mol. The van der Waals surface area contributed by atoms with E-state index in [1.165, 1.54) is 11.3 Å². The molecule has 0 spiro atoms. The maximum Gasteiger partial charge on any atom is 0.249 e. The Kier molecular flexibility index (Phi) is 6.58. The predicted molar refractivity (Wildman–Crippen MR) is 112 cm³/mol. The first-order valence-corrected chi connectivity index (χ1v) is 10.5. The molecule has 2 N–H and O–H groups in total. The number of carbonyl (C=O) groups is 3. The summed E-state index contributed by atoms with van der Waals surface area (Å²) < 4.78 is 0. The molecule has 3 amide bonds. The van der Waals surface area contributed by atoms with E-state index in [4.69, 9.17) is 0 Å². The summed E-state index contributed by atoms with van der Waals surface area (Å²) in [6.07, 6.45) is 0.556. The minimum absolute atomic E-state index is 0.00513. The van der Waals surface area contributed by atoms with Crippen molar-refractivity contribution in [3.05, 3.63) is 35.3 Å². The van der Waals surface area contributed by atoms with Crippen molar-refractivity contribution in [3.63, 3.8) is 0 Å². The molecule has 29 heavy (non-hydrogen) atoms. The molecule has 0 aliphatic carbocycles. The van der Waals surface area contributed by atoms with E-state index in [9.17, 15) is 14.4 Å². The molecular formula is C20H25N5O3S.